The molecule has 0 fully saturated rings. The quantitative estimate of drug-likeness (QED) is 0.665. The molecule has 3 heteroatoms. The molecule has 0 bridgehead atoms. The molecule has 0 saturated carbocycles. The van der Waals surface area contributed by atoms with Crippen molar-refractivity contribution < 1.29 is 9.53 Å². The molecule has 3 aromatic rings. The van der Waals surface area contributed by atoms with Gasteiger partial charge in [-0.25, -0.2) is 4.79 Å². The smallest absolute Gasteiger partial charge is 0.343 e. The minimum atomic E-state index is -0.383. The SMILES string of the molecule is Cc1ccc(-c2ccc(C(=O)Oc3ccc(C)nc3)cc2)cc1. The normalized spacial score (nSPS) is 10.3. The molecule has 0 unspecified atom stereocenters. The van der Waals surface area contributed by atoms with Crippen LogP contribution in [-0.4, -0.2) is 11.0 Å². The van der Waals surface area contributed by atoms with Crippen molar-refractivity contribution in [3.8, 4) is 16.9 Å². The summed E-state index contributed by atoms with van der Waals surface area (Å²) in [7, 11) is 0. The maximum Gasteiger partial charge on any atom is 0.343 e. The van der Waals surface area contributed by atoms with Gasteiger partial charge in [-0.3, -0.25) is 4.98 Å². The van der Waals surface area contributed by atoms with Crippen LogP contribution in [0.4, 0.5) is 0 Å². The van der Waals surface area contributed by atoms with Crippen molar-refractivity contribution in [1.82, 2.24) is 4.98 Å². The van der Waals surface area contributed by atoms with E-state index in [0.29, 0.717) is 11.3 Å². The van der Waals surface area contributed by atoms with Crippen molar-refractivity contribution in [2.24, 2.45) is 0 Å². The number of aryl methyl sites for hydroxylation is 2. The lowest BCUT2D eigenvalue weighted by Gasteiger charge is -2.06. The largest absolute Gasteiger partial charge is 0.421 e. The van der Waals surface area contributed by atoms with Crippen molar-refractivity contribution >= 4 is 5.97 Å². The van der Waals surface area contributed by atoms with Crippen molar-refractivity contribution in [1.29, 1.82) is 0 Å². The number of rotatable bonds is 3. The lowest BCUT2D eigenvalue weighted by atomic mass is 10.0. The second-order valence-electron chi connectivity index (χ2n) is 5.47. The van der Waals surface area contributed by atoms with Crippen molar-refractivity contribution in [2.45, 2.75) is 13.8 Å². The second-order valence-corrected chi connectivity index (χ2v) is 5.47. The highest BCUT2D eigenvalue weighted by Crippen LogP contribution is 2.21. The van der Waals surface area contributed by atoms with Crippen LogP contribution in [0.2, 0.25) is 0 Å². The zero-order chi connectivity index (χ0) is 16.2. The molecule has 0 N–H and O–H groups in total. The summed E-state index contributed by atoms with van der Waals surface area (Å²) in [6, 6.07) is 19.2. The molecule has 0 aliphatic heterocycles. The molecular weight excluding hydrogens is 286 g/mol. The highest BCUT2D eigenvalue weighted by molar-refractivity contribution is 5.91. The first-order valence-corrected chi connectivity index (χ1v) is 7.44. The van der Waals surface area contributed by atoms with Gasteiger partial charge in [-0.05, 0) is 49.2 Å². The molecule has 0 saturated heterocycles. The number of aromatic nitrogens is 1. The minimum absolute atomic E-state index is 0.383. The lowest BCUT2D eigenvalue weighted by molar-refractivity contribution is 0.0734. The average Bonchev–Trinajstić information content (AvgIpc) is 2.58. The number of pyridine rings is 1. The highest BCUT2D eigenvalue weighted by atomic mass is 16.5. The van der Waals surface area contributed by atoms with Crippen LogP contribution in [0.5, 0.6) is 5.75 Å². The Balaban J connectivity index is 1.74. The number of ether oxygens (including phenoxy) is 1. The summed E-state index contributed by atoms with van der Waals surface area (Å²) in [5.74, 6) is 0.0642. The van der Waals surface area contributed by atoms with E-state index in [9.17, 15) is 4.79 Å². The Morgan fingerprint density at radius 3 is 2.00 bits per heavy atom. The molecule has 23 heavy (non-hydrogen) atoms. The Morgan fingerprint density at radius 2 is 1.43 bits per heavy atom. The zero-order valence-corrected chi connectivity index (χ0v) is 13.1. The zero-order valence-electron chi connectivity index (χ0n) is 13.1. The summed E-state index contributed by atoms with van der Waals surface area (Å²) < 4.78 is 5.32. The van der Waals surface area contributed by atoms with Gasteiger partial charge >= 0.3 is 5.97 Å². The summed E-state index contributed by atoms with van der Waals surface area (Å²) in [6.07, 6.45) is 1.55. The Morgan fingerprint density at radius 1 is 0.826 bits per heavy atom. The molecule has 0 radical (unpaired) electrons. The average molecular weight is 303 g/mol. The first kappa shape index (κ1) is 15.0. The van der Waals surface area contributed by atoms with Gasteiger partial charge < -0.3 is 4.74 Å². The summed E-state index contributed by atoms with van der Waals surface area (Å²) in [4.78, 5) is 16.3. The second kappa shape index (κ2) is 6.44. The highest BCUT2D eigenvalue weighted by Gasteiger charge is 2.09. The van der Waals surface area contributed by atoms with Gasteiger partial charge in [0.1, 0.15) is 5.75 Å². The van der Waals surface area contributed by atoms with Crippen LogP contribution >= 0.6 is 0 Å². The topological polar surface area (TPSA) is 39.2 Å². The van der Waals surface area contributed by atoms with E-state index < -0.39 is 0 Å². The fraction of sp³-hybridized carbons (Fsp3) is 0.100. The minimum Gasteiger partial charge on any atom is -0.421 e. The lowest BCUT2D eigenvalue weighted by Crippen LogP contribution is -2.08. The van der Waals surface area contributed by atoms with E-state index in [0.717, 1.165) is 16.8 Å². The molecule has 2 aromatic carbocycles. The molecule has 0 aliphatic carbocycles. The van der Waals surface area contributed by atoms with Gasteiger partial charge in [0.25, 0.3) is 0 Å². The van der Waals surface area contributed by atoms with Gasteiger partial charge in [-0.2, -0.15) is 0 Å². The Hall–Kier alpha value is -2.94. The van der Waals surface area contributed by atoms with Gasteiger partial charge in [0.05, 0.1) is 11.8 Å². The third-order valence-corrected chi connectivity index (χ3v) is 3.60. The third kappa shape index (κ3) is 3.64. The molecule has 3 nitrogen and oxygen atoms in total. The molecule has 1 aromatic heterocycles. The number of hydrogen-bond donors (Lipinski definition) is 0. The predicted octanol–water partition coefficient (Wildman–Crippen LogP) is 4.58. The summed E-state index contributed by atoms with van der Waals surface area (Å²) in [5, 5.41) is 0. The Kier molecular flexibility index (Phi) is 4.20. The van der Waals surface area contributed by atoms with Crippen LogP contribution in [0, 0.1) is 13.8 Å². The summed E-state index contributed by atoms with van der Waals surface area (Å²) >= 11 is 0. The Labute approximate surface area is 135 Å². The standard InChI is InChI=1S/C20H17NO2/c1-14-3-6-16(7-4-14)17-8-10-18(11-9-17)20(22)23-19-12-5-15(2)21-13-19/h3-13H,1-2H3. The number of hydrogen-bond acceptors (Lipinski definition) is 3. The molecule has 0 amide bonds. The summed E-state index contributed by atoms with van der Waals surface area (Å²) in [5.41, 5.74) is 4.81. The van der Waals surface area contributed by atoms with E-state index in [4.69, 9.17) is 4.74 Å². The van der Waals surface area contributed by atoms with Crippen LogP contribution in [0.1, 0.15) is 21.6 Å². The third-order valence-electron chi connectivity index (χ3n) is 3.60. The first-order chi connectivity index (χ1) is 11.1. The van der Waals surface area contributed by atoms with E-state index >= 15 is 0 Å². The predicted molar refractivity (Wildman–Crippen MR) is 90.5 cm³/mol. The monoisotopic (exact) mass is 303 g/mol. The van der Waals surface area contributed by atoms with E-state index in [1.807, 2.05) is 25.1 Å². The maximum absolute atomic E-state index is 12.1. The molecule has 114 valence electrons. The number of benzene rings is 2. The van der Waals surface area contributed by atoms with Crippen LogP contribution in [0.3, 0.4) is 0 Å². The molecule has 0 spiro atoms. The van der Waals surface area contributed by atoms with Gasteiger partial charge in [-0.1, -0.05) is 42.0 Å². The van der Waals surface area contributed by atoms with Gasteiger partial charge in [-0.15, -0.1) is 0 Å². The van der Waals surface area contributed by atoms with Gasteiger partial charge in [0, 0.05) is 5.69 Å². The number of nitrogens with zero attached hydrogens (tertiary/aromatic N) is 1. The van der Waals surface area contributed by atoms with Crippen LogP contribution in [0.15, 0.2) is 66.9 Å². The Bertz CT molecular complexity index is 804. The van der Waals surface area contributed by atoms with Crippen molar-refractivity contribution in [3.05, 3.63) is 83.7 Å². The fourth-order valence-electron chi connectivity index (χ4n) is 2.23. The van der Waals surface area contributed by atoms with E-state index in [1.54, 1.807) is 24.4 Å². The van der Waals surface area contributed by atoms with E-state index in [2.05, 4.69) is 36.2 Å². The molecule has 0 atom stereocenters. The van der Waals surface area contributed by atoms with Gasteiger partial charge in [0.15, 0.2) is 0 Å². The number of carbonyl (C=O) groups is 1. The number of esters is 1. The molecule has 1 heterocycles. The first-order valence-electron chi connectivity index (χ1n) is 7.44. The van der Waals surface area contributed by atoms with Crippen LogP contribution < -0.4 is 4.74 Å². The van der Waals surface area contributed by atoms with Crippen LogP contribution in [0.25, 0.3) is 11.1 Å². The molecule has 0 aliphatic rings. The van der Waals surface area contributed by atoms with E-state index in [-0.39, 0.29) is 5.97 Å². The summed E-state index contributed by atoms with van der Waals surface area (Å²) in [6.45, 7) is 3.94. The van der Waals surface area contributed by atoms with Crippen molar-refractivity contribution in [3.63, 3.8) is 0 Å². The van der Waals surface area contributed by atoms with E-state index in [1.165, 1.54) is 5.56 Å². The van der Waals surface area contributed by atoms with Crippen LogP contribution in [-0.2, 0) is 0 Å². The fourth-order valence-corrected chi connectivity index (χ4v) is 2.23. The van der Waals surface area contributed by atoms with Crippen molar-refractivity contribution in [2.75, 3.05) is 0 Å². The molecule has 3 rings (SSSR count). The maximum atomic E-state index is 12.1. The van der Waals surface area contributed by atoms with Gasteiger partial charge in [0.2, 0.25) is 0 Å². The number of carbonyl (C=O) groups excluding carboxylic acids is 1. The molecular formula is C20H17NO2.